The van der Waals surface area contributed by atoms with Crippen molar-refractivity contribution in [3.8, 4) is 0 Å². The monoisotopic (exact) mass is 284 g/mol. The quantitative estimate of drug-likeness (QED) is 0.601. The molecule has 20 heavy (non-hydrogen) atoms. The van der Waals surface area contributed by atoms with Crippen molar-refractivity contribution in [3.63, 3.8) is 0 Å². The topological polar surface area (TPSA) is 92.4 Å². The maximum atomic E-state index is 12.0. The molecule has 1 fully saturated rings. The Hall–Kier alpha value is -1.10. The Morgan fingerprint density at radius 3 is 2.40 bits per heavy atom. The van der Waals surface area contributed by atoms with Crippen molar-refractivity contribution in [2.75, 3.05) is 13.1 Å². The summed E-state index contributed by atoms with van der Waals surface area (Å²) in [5.74, 6) is -0.360. The van der Waals surface area contributed by atoms with Crippen LogP contribution in [0.4, 0.5) is 0 Å². The molecular formula is C15H28N2O3. The molecule has 116 valence electrons. The summed E-state index contributed by atoms with van der Waals surface area (Å²) in [5.41, 5.74) is 5.75. The fourth-order valence-corrected chi connectivity index (χ4v) is 2.94. The first kappa shape index (κ1) is 17.0. The van der Waals surface area contributed by atoms with Crippen molar-refractivity contribution in [3.05, 3.63) is 0 Å². The SMILES string of the molecule is CC(C)CC(CNC(=O)CC1(CN)CCC1)CC(=O)O. The molecule has 1 aliphatic rings. The predicted molar refractivity (Wildman–Crippen MR) is 78.2 cm³/mol. The molecule has 1 rings (SSSR count). The number of rotatable bonds is 9. The second kappa shape index (κ2) is 7.62. The lowest BCUT2D eigenvalue weighted by atomic mass is 9.66. The normalized spacial score (nSPS) is 18.4. The molecule has 0 radical (unpaired) electrons. The standard InChI is InChI=1S/C15H28N2O3/c1-11(2)6-12(7-14(19)20)9-17-13(18)8-15(10-16)4-3-5-15/h11-12H,3-10,16H2,1-2H3,(H,17,18)(H,19,20). The molecular weight excluding hydrogens is 256 g/mol. The van der Waals surface area contributed by atoms with E-state index in [9.17, 15) is 9.59 Å². The summed E-state index contributed by atoms with van der Waals surface area (Å²) in [6.45, 7) is 5.14. The maximum absolute atomic E-state index is 12.0. The number of carbonyl (C=O) groups excluding carboxylic acids is 1. The molecule has 0 saturated heterocycles. The number of aliphatic carboxylic acids is 1. The molecule has 0 aliphatic heterocycles. The molecule has 0 aromatic heterocycles. The van der Waals surface area contributed by atoms with Crippen LogP contribution < -0.4 is 11.1 Å². The number of nitrogens with two attached hydrogens (primary N) is 1. The van der Waals surface area contributed by atoms with Crippen molar-refractivity contribution < 1.29 is 14.7 Å². The van der Waals surface area contributed by atoms with Crippen LogP contribution in [0.25, 0.3) is 0 Å². The molecule has 0 spiro atoms. The van der Waals surface area contributed by atoms with E-state index in [2.05, 4.69) is 19.2 Å². The van der Waals surface area contributed by atoms with Crippen LogP contribution in [0.1, 0.15) is 52.4 Å². The number of hydrogen-bond donors (Lipinski definition) is 3. The van der Waals surface area contributed by atoms with Gasteiger partial charge in [0.25, 0.3) is 0 Å². The highest BCUT2D eigenvalue weighted by atomic mass is 16.4. The van der Waals surface area contributed by atoms with Crippen molar-refractivity contribution in [1.82, 2.24) is 5.32 Å². The van der Waals surface area contributed by atoms with E-state index in [-0.39, 0.29) is 23.7 Å². The van der Waals surface area contributed by atoms with Gasteiger partial charge >= 0.3 is 5.97 Å². The molecule has 4 N–H and O–H groups in total. The van der Waals surface area contributed by atoms with E-state index in [1.165, 1.54) is 0 Å². The molecule has 0 bridgehead atoms. The van der Waals surface area contributed by atoms with Gasteiger partial charge in [0.2, 0.25) is 5.91 Å². The molecule has 5 heteroatoms. The van der Waals surface area contributed by atoms with E-state index in [4.69, 9.17) is 10.8 Å². The van der Waals surface area contributed by atoms with E-state index in [1.54, 1.807) is 0 Å². The molecule has 1 saturated carbocycles. The van der Waals surface area contributed by atoms with Gasteiger partial charge in [-0.15, -0.1) is 0 Å². The summed E-state index contributed by atoms with van der Waals surface area (Å²) in [6, 6.07) is 0. The smallest absolute Gasteiger partial charge is 0.303 e. The van der Waals surface area contributed by atoms with Gasteiger partial charge in [-0.2, -0.15) is 0 Å². The number of carboxylic acids is 1. The molecule has 5 nitrogen and oxygen atoms in total. The second-order valence-corrected chi connectivity index (χ2v) is 6.63. The van der Waals surface area contributed by atoms with E-state index in [1.807, 2.05) is 0 Å². The zero-order valence-electron chi connectivity index (χ0n) is 12.7. The Labute approximate surface area is 121 Å². The lowest BCUT2D eigenvalue weighted by Crippen LogP contribution is -2.42. The van der Waals surface area contributed by atoms with Crippen LogP contribution in [-0.4, -0.2) is 30.1 Å². The lowest BCUT2D eigenvalue weighted by Gasteiger charge is -2.40. The molecule has 0 aromatic rings. The van der Waals surface area contributed by atoms with Gasteiger partial charge in [0, 0.05) is 19.4 Å². The van der Waals surface area contributed by atoms with E-state index < -0.39 is 5.97 Å². The van der Waals surface area contributed by atoms with E-state index in [0.717, 1.165) is 25.7 Å². The first-order chi connectivity index (χ1) is 9.37. The molecule has 1 unspecified atom stereocenters. The van der Waals surface area contributed by atoms with Crippen molar-refractivity contribution in [2.45, 2.75) is 52.4 Å². The average Bonchev–Trinajstić information content (AvgIpc) is 2.29. The van der Waals surface area contributed by atoms with Crippen molar-refractivity contribution >= 4 is 11.9 Å². The van der Waals surface area contributed by atoms with Gasteiger partial charge in [-0.25, -0.2) is 0 Å². The summed E-state index contributed by atoms with van der Waals surface area (Å²) < 4.78 is 0. The van der Waals surface area contributed by atoms with Crippen LogP contribution in [0, 0.1) is 17.3 Å². The minimum absolute atomic E-state index is 0.00439. The zero-order valence-corrected chi connectivity index (χ0v) is 12.7. The fraction of sp³-hybridized carbons (Fsp3) is 0.867. The summed E-state index contributed by atoms with van der Waals surface area (Å²) >= 11 is 0. The Bertz CT molecular complexity index is 333. The van der Waals surface area contributed by atoms with Gasteiger partial charge < -0.3 is 16.2 Å². The molecule has 1 aliphatic carbocycles. The largest absolute Gasteiger partial charge is 0.481 e. The summed E-state index contributed by atoms with van der Waals surface area (Å²) in [5, 5.41) is 11.8. The third-order valence-electron chi connectivity index (χ3n) is 4.24. The zero-order chi connectivity index (χ0) is 15.2. The number of amides is 1. The first-order valence-corrected chi connectivity index (χ1v) is 7.55. The summed E-state index contributed by atoms with van der Waals surface area (Å²) in [6.07, 6.45) is 4.61. The minimum atomic E-state index is -0.803. The van der Waals surface area contributed by atoms with Gasteiger partial charge in [-0.1, -0.05) is 20.3 Å². The number of nitrogens with one attached hydrogen (secondary N) is 1. The van der Waals surface area contributed by atoms with Crippen LogP contribution in [0.3, 0.4) is 0 Å². The highest BCUT2D eigenvalue weighted by Crippen LogP contribution is 2.42. The lowest BCUT2D eigenvalue weighted by molar-refractivity contribution is -0.138. The summed E-state index contributed by atoms with van der Waals surface area (Å²) in [4.78, 5) is 22.8. The Kier molecular flexibility index (Phi) is 6.46. The average molecular weight is 284 g/mol. The van der Waals surface area contributed by atoms with Gasteiger partial charge in [-0.05, 0) is 43.1 Å². The molecule has 1 amide bonds. The number of carbonyl (C=O) groups is 2. The van der Waals surface area contributed by atoms with Gasteiger partial charge in [0.15, 0.2) is 0 Å². The van der Waals surface area contributed by atoms with E-state index in [0.29, 0.717) is 25.4 Å². The van der Waals surface area contributed by atoms with Crippen molar-refractivity contribution in [1.29, 1.82) is 0 Å². The highest BCUT2D eigenvalue weighted by Gasteiger charge is 2.37. The number of carboxylic acid groups (broad SMARTS) is 1. The van der Waals surface area contributed by atoms with Gasteiger partial charge in [-0.3, -0.25) is 9.59 Å². The van der Waals surface area contributed by atoms with Crippen LogP contribution >= 0.6 is 0 Å². The predicted octanol–water partition coefficient (Wildman–Crippen LogP) is 1.76. The van der Waals surface area contributed by atoms with Crippen LogP contribution in [0.15, 0.2) is 0 Å². The van der Waals surface area contributed by atoms with Gasteiger partial charge in [0.1, 0.15) is 0 Å². The molecule has 1 atom stereocenters. The maximum Gasteiger partial charge on any atom is 0.303 e. The number of hydrogen-bond acceptors (Lipinski definition) is 3. The third-order valence-corrected chi connectivity index (χ3v) is 4.24. The van der Waals surface area contributed by atoms with Crippen LogP contribution in [0.5, 0.6) is 0 Å². The second-order valence-electron chi connectivity index (χ2n) is 6.63. The van der Waals surface area contributed by atoms with Gasteiger partial charge in [0.05, 0.1) is 0 Å². The summed E-state index contributed by atoms with van der Waals surface area (Å²) in [7, 11) is 0. The first-order valence-electron chi connectivity index (χ1n) is 7.55. The Balaban J connectivity index is 2.37. The fourth-order valence-electron chi connectivity index (χ4n) is 2.94. The van der Waals surface area contributed by atoms with Crippen LogP contribution in [0.2, 0.25) is 0 Å². The minimum Gasteiger partial charge on any atom is -0.481 e. The van der Waals surface area contributed by atoms with E-state index >= 15 is 0 Å². The third kappa shape index (κ3) is 5.49. The molecule has 0 heterocycles. The highest BCUT2D eigenvalue weighted by molar-refractivity contribution is 5.77. The molecule has 0 aromatic carbocycles. The van der Waals surface area contributed by atoms with Crippen LogP contribution in [-0.2, 0) is 9.59 Å². The Morgan fingerprint density at radius 2 is 2.00 bits per heavy atom. The van der Waals surface area contributed by atoms with Crippen molar-refractivity contribution in [2.24, 2.45) is 23.0 Å². The Morgan fingerprint density at radius 1 is 1.35 bits per heavy atom.